The standard InChI is InChI=1S/C30H36N6O3/c1-5-36-24-11-8-18(39-17-25(37)31-12-6-7-13-34(2)3)14-20(24)27-21-15-32-30(38)28(21)26-19(29(27)36)9-10-23-22(26)16-35(4)33-23/h8,11,14,16H,5-7,9-10,12-13,15,17H2,1-4H3,(H,31,37)(H,32,38). The van der Waals surface area contributed by atoms with Gasteiger partial charge in [0.1, 0.15) is 5.75 Å². The van der Waals surface area contributed by atoms with E-state index in [1.165, 1.54) is 11.1 Å². The number of carbonyl (C=O) groups is 2. The van der Waals surface area contributed by atoms with Crippen LogP contribution in [-0.2, 0) is 37.8 Å². The van der Waals surface area contributed by atoms with Gasteiger partial charge in [0, 0.05) is 60.3 Å². The van der Waals surface area contributed by atoms with Crippen molar-refractivity contribution < 1.29 is 14.3 Å². The van der Waals surface area contributed by atoms with Crippen LogP contribution in [0.1, 0.15) is 46.9 Å². The number of carbonyl (C=O) groups excluding carboxylic acids is 2. The molecule has 0 bridgehead atoms. The van der Waals surface area contributed by atoms with E-state index in [-0.39, 0.29) is 18.4 Å². The quantitative estimate of drug-likeness (QED) is 0.325. The van der Waals surface area contributed by atoms with Crippen molar-refractivity contribution in [3.8, 4) is 16.9 Å². The largest absolute Gasteiger partial charge is 0.484 e. The fraction of sp³-hybridized carbons (Fsp3) is 0.433. The zero-order chi connectivity index (χ0) is 27.3. The molecule has 0 fully saturated rings. The highest BCUT2D eigenvalue weighted by Crippen LogP contribution is 2.47. The lowest BCUT2D eigenvalue weighted by Gasteiger charge is -2.21. The fourth-order valence-electron chi connectivity index (χ4n) is 6.29. The zero-order valence-corrected chi connectivity index (χ0v) is 23.2. The number of benzene rings is 2. The molecule has 39 heavy (non-hydrogen) atoms. The summed E-state index contributed by atoms with van der Waals surface area (Å²) in [5, 5.41) is 12.9. The van der Waals surface area contributed by atoms with E-state index in [0.717, 1.165) is 83.0 Å². The fourth-order valence-corrected chi connectivity index (χ4v) is 6.29. The molecule has 2 aromatic carbocycles. The molecule has 2 N–H and O–H groups in total. The third-order valence-corrected chi connectivity index (χ3v) is 7.96. The number of unbranched alkanes of at least 4 members (excludes halogenated alkanes) is 1. The molecule has 0 spiro atoms. The van der Waals surface area contributed by atoms with Crippen molar-refractivity contribution in [2.45, 2.75) is 45.7 Å². The van der Waals surface area contributed by atoms with E-state index in [2.05, 4.69) is 52.3 Å². The molecule has 2 aliphatic rings. The first-order valence-electron chi connectivity index (χ1n) is 13.9. The van der Waals surface area contributed by atoms with Gasteiger partial charge in [-0.15, -0.1) is 0 Å². The number of aryl methyl sites for hydroxylation is 4. The molecule has 0 saturated heterocycles. The van der Waals surface area contributed by atoms with Crippen molar-refractivity contribution in [2.24, 2.45) is 7.05 Å². The van der Waals surface area contributed by atoms with Crippen molar-refractivity contribution in [1.82, 2.24) is 29.9 Å². The van der Waals surface area contributed by atoms with E-state index >= 15 is 0 Å². The number of rotatable bonds is 9. The van der Waals surface area contributed by atoms with Gasteiger partial charge in [-0.2, -0.15) is 5.10 Å². The maximum absolute atomic E-state index is 13.2. The Hall–Kier alpha value is -3.85. The van der Waals surface area contributed by atoms with Crippen molar-refractivity contribution in [2.75, 3.05) is 33.8 Å². The van der Waals surface area contributed by atoms with Crippen LogP contribution in [0, 0.1) is 0 Å². The molecule has 1 aliphatic carbocycles. The molecule has 9 heteroatoms. The Kier molecular flexibility index (Phi) is 6.54. The van der Waals surface area contributed by atoms with Gasteiger partial charge < -0.3 is 24.8 Å². The van der Waals surface area contributed by atoms with E-state index in [4.69, 9.17) is 4.74 Å². The third kappa shape index (κ3) is 4.34. The third-order valence-electron chi connectivity index (χ3n) is 7.96. The van der Waals surface area contributed by atoms with E-state index < -0.39 is 0 Å². The van der Waals surface area contributed by atoms with Crippen LogP contribution in [0.25, 0.3) is 32.9 Å². The molecular formula is C30H36N6O3. The van der Waals surface area contributed by atoms with Crippen LogP contribution < -0.4 is 15.4 Å². The van der Waals surface area contributed by atoms with Crippen LogP contribution in [0.2, 0.25) is 0 Å². The normalized spacial score (nSPS) is 14.0. The molecule has 3 heterocycles. The maximum Gasteiger partial charge on any atom is 0.257 e. The summed E-state index contributed by atoms with van der Waals surface area (Å²) in [7, 11) is 6.04. The Bertz CT molecular complexity index is 1610. The Balaban J connectivity index is 1.37. The highest BCUT2D eigenvalue weighted by Gasteiger charge is 2.35. The summed E-state index contributed by atoms with van der Waals surface area (Å²) >= 11 is 0. The highest BCUT2D eigenvalue weighted by atomic mass is 16.5. The maximum atomic E-state index is 13.2. The first kappa shape index (κ1) is 25.4. The summed E-state index contributed by atoms with van der Waals surface area (Å²) in [6, 6.07) is 6.05. The van der Waals surface area contributed by atoms with Crippen molar-refractivity contribution in [3.05, 3.63) is 46.8 Å². The van der Waals surface area contributed by atoms with E-state index in [1.54, 1.807) is 0 Å². The molecule has 204 valence electrons. The lowest BCUT2D eigenvalue weighted by Crippen LogP contribution is -2.30. The molecule has 2 amide bonds. The van der Waals surface area contributed by atoms with Crippen LogP contribution in [0.4, 0.5) is 0 Å². The first-order valence-corrected chi connectivity index (χ1v) is 13.9. The molecule has 1 aliphatic heterocycles. The lowest BCUT2D eigenvalue weighted by molar-refractivity contribution is -0.123. The second kappa shape index (κ2) is 10.0. The predicted octanol–water partition coefficient (Wildman–Crippen LogP) is 3.39. The molecule has 0 atom stereocenters. The molecule has 0 radical (unpaired) electrons. The number of amides is 2. The summed E-state index contributed by atoms with van der Waals surface area (Å²) in [5.74, 6) is 0.513. The average molecular weight is 529 g/mol. The number of nitrogens with one attached hydrogen (secondary N) is 2. The van der Waals surface area contributed by atoms with Gasteiger partial charge in [0.25, 0.3) is 11.8 Å². The predicted molar refractivity (Wildman–Crippen MR) is 152 cm³/mol. The van der Waals surface area contributed by atoms with Gasteiger partial charge >= 0.3 is 0 Å². The minimum Gasteiger partial charge on any atom is -0.484 e. The summed E-state index contributed by atoms with van der Waals surface area (Å²) in [4.78, 5) is 27.7. The highest BCUT2D eigenvalue weighted by molar-refractivity contribution is 6.19. The van der Waals surface area contributed by atoms with Crippen molar-refractivity contribution >= 4 is 33.6 Å². The van der Waals surface area contributed by atoms with Gasteiger partial charge in [-0.3, -0.25) is 14.3 Å². The minimum absolute atomic E-state index is 0.0214. The second-order valence-electron chi connectivity index (χ2n) is 10.8. The number of nitrogens with zero attached hydrogens (tertiary/aromatic N) is 4. The Morgan fingerprint density at radius 3 is 2.82 bits per heavy atom. The Morgan fingerprint density at radius 2 is 2.03 bits per heavy atom. The first-order chi connectivity index (χ1) is 18.9. The van der Waals surface area contributed by atoms with Gasteiger partial charge in [0.15, 0.2) is 6.61 Å². The van der Waals surface area contributed by atoms with E-state index in [9.17, 15) is 9.59 Å². The number of hydrogen-bond acceptors (Lipinski definition) is 5. The van der Waals surface area contributed by atoms with Gasteiger partial charge in [0.05, 0.1) is 16.8 Å². The summed E-state index contributed by atoms with van der Waals surface area (Å²) < 4.78 is 10.2. The molecule has 0 saturated carbocycles. The SMILES string of the molecule is CCn1c2ccc(OCC(=O)NCCCCN(C)C)cc2c2c3c(c4c(c21)CCc1nn(C)cc1-4)C(=O)NC3. The summed E-state index contributed by atoms with van der Waals surface area (Å²) in [6.07, 6.45) is 5.71. The minimum atomic E-state index is -0.118. The monoisotopic (exact) mass is 528 g/mol. The van der Waals surface area contributed by atoms with Crippen molar-refractivity contribution in [1.29, 1.82) is 0 Å². The van der Waals surface area contributed by atoms with Crippen molar-refractivity contribution in [3.63, 3.8) is 0 Å². The number of hydrogen-bond donors (Lipinski definition) is 2. The molecule has 2 aromatic heterocycles. The van der Waals surface area contributed by atoms with E-state index in [0.29, 0.717) is 18.8 Å². The number of ether oxygens (including phenoxy) is 1. The second-order valence-corrected chi connectivity index (χ2v) is 10.8. The van der Waals surface area contributed by atoms with Gasteiger partial charge in [0.2, 0.25) is 0 Å². The van der Waals surface area contributed by atoms with Crippen LogP contribution in [-0.4, -0.2) is 64.9 Å². The summed E-state index contributed by atoms with van der Waals surface area (Å²) in [6.45, 7) is 5.10. The zero-order valence-electron chi connectivity index (χ0n) is 23.2. The summed E-state index contributed by atoms with van der Waals surface area (Å²) in [5.41, 5.74) is 8.50. The van der Waals surface area contributed by atoms with Crippen LogP contribution >= 0.6 is 0 Å². The van der Waals surface area contributed by atoms with Gasteiger partial charge in [-0.25, -0.2) is 0 Å². The lowest BCUT2D eigenvalue weighted by atomic mass is 9.82. The molecule has 0 unspecified atom stereocenters. The van der Waals surface area contributed by atoms with E-state index in [1.807, 2.05) is 30.1 Å². The molecule has 6 rings (SSSR count). The number of fused-ring (bicyclic) bond motifs is 10. The molecular weight excluding hydrogens is 492 g/mol. The van der Waals surface area contributed by atoms with Crippen LogP contribution in [0.3, 0.4) is 0 Å². The number of aromatic nitrogens is 3. The van der Waals surface area contributed by atoms with Gasteiger partial charge in [-0.1, -0.05) is 0 Å². The van der Waals surface area contributed by atoms with Crippen LogP contribution in [0.15, 0.2) is 24.4 Å². The topological polar surface area (TPSA) is 93.4 Å². The van der Waals surface area contributed by atoms with Gasteiger partial charge in [-0.05, 0) is 82.6 Å². The Morgan fingerprint density at radius 1 is 1.18 bits per heavy atom. The smallest absolute Gasteiger partial charge is 0.257 e. The average Bonchev–Trinajstić information content (AvgIpc) is 3.58. The van der Waals surface area contributed by atoms with Crippen LogP contribution in [0.5, 0.6) is 5.75 Å². The molecule has 9 nitrogen and oxygen atoms in total. The molecule has 4 aromatic rings. The Labute approximate surface area is 228 Å².